The molecule has 0 saturated carbocycles. The number of halogens is 3. The zero-order valence-electron chi connectivity index (χ0n) is 9.99. The van der Waals surface area contributed by atoms with Gasteiger partial charge in [0.2, 0.25) is 0 Å². The lowest BCUT2D eigenvalue weighted by atomic mass is 10.2. The van der Waals surface area contributed by atoms with Crippen molar-refractivity contribution in [2.24, 2.45) is 5.73 Å². The number of nitrogens with one attached hydrogen (secondary N) is 1. The highest BCUT2D eigenvalue weighted by Crippen LogP contribution is 2.24. The molecular formula is C10H14F3N5. The van der Waals surface area contributed by atoms with Crippen molar-refractivity contribution in [3.63, 3.8) is 0 Å². The number of nitrogen functional groups attached to an aromatic ring is 1. The minimum atomic E-state index is -4.37. The number of rotatable bonds is 4. The average Bonchev–Trinajstić information content (AvgIpc) is 2.24. The Kier molecular flexibility index (Phi) is 4.10. The van der Waals surface area contributed by atoms with E-state index >= 15 is 0 Å². The van der Waals surface area contributed by atoms with Gasteiger partial charge in [-0.25, -0.2) is 0 Å². The minimum Gasteiger partial charge on any atom is -0.384 e. The third-order valence-corrected chi connectivity index (χ3v) is 2.24. The summed E-state index contributed by atoms with van der Waals surface area (Å²) in [6.45, 7) is 2.04. The van der Waals surface area contributed by atoms with Gasteiger partial charge in [0.1, 0.15) is 12.4 Å². The van der Waals surface area contributed by atoms with Crippen molar-refractivity contribution in [3.8, 4) is 0 Å². The Morgan fingerprint density at radius 2 is 2.11 bits per heavy atom. The summed E-state index contributed by atoms with van der Waals surface area (Å²) in [7, 11) is 0. The van der Waals surface area contributed by atoms with Gasteiger partial charge in [-0.2, -0.15) is 18.3 Å². The number of alkyl halides is 3. The molecule has 5 nitrogen and oxygen atoms in total. The second-order valence-electron chi connectivity index (χ2n) is 4.02. The molecule has 18 heavy (non-hydrogen) atoms. The molecule has 0 saturated heterocycles. The lowest BCUT2D eigenvalue weighted by Crippen LogP contribution is -2.41. The highest BCUT2D eigenvalue weighted by Gasteiger charge is 2.33. The Labute approximate surface area is 102 Å². The van der Waals surface area contributed by atoms with Crippen LogP contribution in [0.1, 0.15) is 19.4 Å². The van der Waals surface area contributed by atoms with E-state index in [1.807, 2.05) is 0 Å². The molecule has 0 unspecified atom stereocenters. The summed E-state index contributed by atoms with van der Waals surface area (Å²) in [5, 5.41) is 14.6. The van der Waals surface area contributed by atoms with Crippen LogP contribution in [-0.4, -0.2) is 34.8 Å². The molecule has 0 aliphatic rings. The highest BCUT2D eigenvalue weighted by atomic mass is 19.4. The van der Waals surface area contributed by atoms with Gasteiger partial charge in [-0.15, -0.1) is 5.10 Å². The summed E-state index contributed by atoms with van der Waals surface area (Å²) in [4.78, 5) is 1.02. The molecule has 0 aromatic carbocycles. The molecule has 0 atom stereocenters. The fourth-order valence-corrected chi connectivity index (χ4v) is 1.44. The molecule has 8 heteroatoms. The third-order valence-electron chi connectivity index (χ3n) is 2.24. The van der Waals surface area contributed by atoms with Crippen molar-refractivity contribution in [3.05, 3.63) is 17.8 Å². The first-order valence-electron chi connectivity index (χ1n) is 5.22. The first-order valence-corrected chi connectivity index (χ1v) is 5.22. The SMILES string of the molecule is CC(C)N(CC(F)(F)F)c1nnccc1C(=N)N. The highest BCUT2D eigenvalue weighted by molar-refractivity contribution is 5.99. The van der Waals surface area contributed by atoms with Gasteiger partial charge in [-0.1, -0.05) is 0 Å². The number of nitrogens with zero attached hydrogens (tertiary/aromatic N) is 3. The van der Waals surface area contributed by atoms with Crippen molar-refractivity contribution in [1.29, 1.82) is 5.41 Å². The summed E-state index contributed by atoms with van der Waals surface area (Å²) in [5.41, 5.74) is 5.47. The molecule has 0 spiro atoms. The van der Waals surface area contributed by atoms with E-state index in [9.17, 15) is 13.2 Å². The number of aromatic nitrogens is 2. The van der Waals surface area contributed by atoms with Gasteiger partial charge in [0, 0.05) is 6.04 Å². The molecule has 0 bridgehead atoms. The number of anilines is 1. The maximum Gasteiger partial charge on any atom is 0.405 e. The Balaban J connectivity index is 3.18. The monoisotopic (exact) mass is 261 g/mol. The zero-order valence-corrected chi connectivity index (χ0v) is 9.99. The fraction of sp³-hybridized carbons (Fsp3) is 0.500. The van der Waals surface area contributed by atoms with Crippen LogP contribution in [0.3, 0.4) is 0 Å². The van der Waals surface area contributed by atoms with E-state index in [4.69, 9.17) is 11.1 Å². The van der Waals surface area contributed by atoms with Crippen molar-refractivity contribution in [2.75, 3.05) is 11.4 Å². The lowest BCUT2D eigenvalue weighted by molar-refractivity contribution is -0.120. The molecule has 0 radical (unpaired) electrons. The zero-order chi connectivity index (χ0) is 13.9. The quantitative estimate of drug-likeness (QED) is 0.636. The van der Waals surface area contributed by atoms with Crippen LogP contribution < -0.4 is 10.6 Å². The Morgan fingerprint density at radius 3 is 2.56 bits per heavy atom. The van der Waals surface area contributed by atoms with Crippen LogP contribution >= 0.6 is 0 Å². The Morgan fingerprint density at radius 1 is 1.50 bits per heavy atom. The first kappa shape index (κ1) is 14.2. The van der Waals surface area contributed by atoms with Gasteiger partial charge < -0.3 is 10.6 Å². The second-order valence-corrected chi connectivity index (χ2v) is 4.02. The van der Waals surface area contributed by atoms with Crippen molar-refractivity contribution < 1.29 is 13.2 Å². The number of hydrogen-bond acceptors (Lipinski definition) is 4. The van der Waals surface area contributed by atoms with Crippen molar-refractivity contribution in [1.82, 2.24) is 10.2 Å². The third kappa shape index (κ3) is 3.57. The fourth-order valence-electron chi connectivity index (χ4n) is 1.44. The van der Waals surface area contributed by atoms with Crippen LogP contribution in [0.2, 0.25) is 0 Å². The molecule has 100 valence electrons. The molecule has 3 N–H and O–H groups in total. The van der Waals surface area contributed by atoms with Crippen LogP contribution in [0.4, 0.5) is 19.0 Å². The van der Waals surface area contributed by atoms with E-state index in [0.29, 0.717) is 0 Å². The van der Waals surface area contributed by atoms with Crippen LogP contribution in [0.15, 0.2) is 12.3 Å². The molecule has 0 amide bonds. The Bertz CT molecular complexity index is 430. The predicted octanol–water partition coefficient (Wildman–Crippen LogP) is 1.54. The normalized spacial score (nSPS) is 11.7. The van der Waals surface area contributed by atoms with Crippen LogP contribution in [-0.2, 0) is 0 Å². The minimum absolute atomic E-state index is 0.0303. The van der Waals surface area contributed by atoms with E-state index in [0.717, 1.165) is 4.90 Å². The molecule has 0 fully saturated rings. The molecule has 1 rings (SSSR count). The molecule has 1 aromatic rings. The van der Waals surface area contributed by atoms with Gasteiger partial charge in [0.25, 0.3) is 0 Å². The lowest BCUT2D eigenvalue weighted by Gasteiger charge is -2.29. The van der Waals surface area contributed by atoms with Crippen molar-refractivity contribution in [2.45, 2.75) is 26.1 Å². The van der Waals surface area contributed by atoms with E-state index < -0.39 is 18.8 Å². The largest absolute Gasteiger partial charge is 0.405 e. The van der Waals surface area contributed by atoms with Gasteiger partial charge >= 0.3 is 6.18 Å². The number of hydrogen-bond donors (Lipinski definition) is 2. The summed E-state index contributed by atoms with van der Waals surface area (Å²) >= 11 is 0. The number of amidine groups is 1. The van der Waals surface area contributed by atoms with Crippen LogP contribution in [0, 0.1) is 5.41 Å². The standard InChI is InChI=1S/C10H14F3N5/c1-6(2)18(5-10(11,12)13)9-7(8(14)15)3-4-16-17-9/h3-4,6H,5H2,1-2H3,(H3,14,15). The summed E-state index contributed by atoms with van der Waals surface area (Å²) in [5.74, 6) is -0.370. The smallest absolute Gasteiger partial charge is 0.384 e. The maximum atomic E-state index is 12.5. The van der Waals surface area contributed by atoms with Crippen molar-refractivity contribution >= 4 is 11.7 Å². The van der Waals surface area contributed by atoms with Crippen LogP contribution in [0.25, 0.3) is 0 Å². The molecule has 0 aliphatic heterocycles. The maximum absolute atomic E-state index is 12.5. The predicted molar refractivity (Wildman–Crippen MR) is 61.6 cm³/mol. The van der Waals surface area contributed by atoms with E-state index in [1.54, 1.807) is 13.8 Å². The average molecular weight is 261 g/mol. The van der Waals surface area contributed by atoms with Crippen LogP contribution in [0.5, 0.6) is 0 Å². The van der Waals surface area contributed by atoms with E-state index in [1.165, 1.54) is 12.3 Å². The van der Waals surface area contributed by atoms with Gasteiger partial charge in [-0.05, 0) is 19.9 Å². The Hall–Kier alpha value is -1.86. The summed E-state index contributed by atoms with van der Waals surface area (Å²) in [6.07, 6.45) is -3.08. The first-order chi connectivity index (χ1) is 8.22. The topological polar surface area (TPSA) is 78.9 Å². The molecule has 0 aliphatic carbocycles. The summed E-state index contributed by atoms with van der Waals surface area (Å²) < 4.78 is 37.5. The second kappa shape index (κ2) is 5.19. The van der Waals surface area contributed by atoms with Gasteiger partial charge in [-0.3, -0.25) is 5.41 Å². The molecule has 1 aromatic heterocycles. The number of nitrogens with two attached hydrogens (primary N) is 1. The van der Waals surface area contributed by atoms with Gasteiger partial charge in [0.15, 0.2) is 5.82 Å². The van der Waals surface area contributed by atoms with E-state index in [2.05, 4.69) is 10.2 Å². The van der Waals surface area contributed by atoms with Gasteiger partial charge in [0.05, 0.1) is 11.8 Å². The molecular weight excluding hydrogens is 247 g/mol. The van der Waals surface area contributed by atoms with E-state index in [-0.39, 0.29) is 17.2 Å². The summed E-state index contributed by atoms with van der Waals surface area (Å²) in [6, 6.07) is 0.928. The molecule has 1 heterocycles.